The van der Waals surface area contributed by atoms with E-state index in [9.17, 15) is 0 Å². The molecule has 2 rings (SSSR count). The summed E-state index contributed by atoms with van der Waals surface area (Å²) in [6.45, 7) is 0. The molecule has 0 aliphatic heterocycles. The number of rotatable bonds is 2. The van der Waals surface area contributed by atoms with Crippen LogP contribution in [0.3, 0.4) is 0 Å². The summed E-state index contributed by atoms with van der Waals surface area (Å²) >= 11 is 0. The lowest BCUT2D eigenvalue weighted by Crippen LogP contribution is -2.28. The Morgan fingerprint density at radius 3 is 1.91 bits per heavy atom. The maximum absolute atomic E-state index is 3.88. The molecule has 2 aromatic rings. The molecule has 0 atom stereocenters. The Hall–Kier alpha value is -1.36. The summed E-state index contributed by atoms with van der Waals surface area (Å²) in [7, 11) is -0.386. The third-order valence-electron chi connectivity index (χ3n) is 1.50. The molecule has 4 nitrogen and oxygen atoms in total. The summed E-state index contributed by atoms with van der Waals surface area (Å²) in [6.07, 6.45) is 3.55. The van der Waals surface area contributed by atoms with Gasteiger partial charge in [0, 0.05) is 23.0 Å². The molecule has 0 aliphatic carbocycles. The van der Waals surface area contributed by atoms with Crippen molar-refractivity contribution >= 4 is 20.2 Å². The fraction of sp³-hybridized carbons (Fsp3) is 0. The second-order valence-corrected chi connectivity index (χ2v) is 4.22. The van der Waals surface area contributed by atoms with E-state index in [1.807, 2.05) is 12.1 Å². The quantitative estimate of drug-likeness (QED) is 0.517. The molecule has 0 saturated carbocycles. The number of nitrogens with one attached hydrogen (secondary N) is 2. The van der Waals surface area contributed by atoms with Crippen LogP contribution in [0.25, 0.3) is 0 Å². The monoisotopic (exact) mass is 164 g/mol. The van der Waals surface area contributed by atoms with E-state index >= 15 is 0 Å². The van der Waals surface area contributed by atoms with Gasteiger partial charge in [-0.2, -0.15) is 10.2 Å². The Bertz CT molecular complexity index is 267. The van der Waals surface area contributed by atoms with Crippen molar-refractivity contribution in [3.05, 3.63) is 24.5 Å². The van der Waals surface area contributed by atoms with Crippen LogP contribution in [0.15, 0.2) is 24.5 Å². The maximum atomic E-state index is 3.88. The Morgan fingerprint density at radius 1 is 1.00 bits per heavy atom. The molecular formula is C6H8N4Si. The maximum Gasteiger partial charge on any atom is 0.133 e. The molecule has 0 radical (unpaired) electrons. The lowest BCUT2D eigenvalue weighted by atomic mass is 10.7. The average Bonchev–Trinajstić information content (AvgIpc) is 2.60. The van der Waals surface area contributed by atoms with Crippen LogP contribution in [0.2, 0.25) is 0 Å². The molecule has 0 spiro atoms. The highest BCUT2D eigenvalue weighted by Crippen LogP contribution is 1.72. The van der Waals surface area contributed by atoms with Crippen LogP contribution in [0.5, 0.6) is 0 Å². The summed E-state index contributed by atoms with van der Waals surface area (Å²) in [4.78, 5) is 0. The van der Waals surface area contributed by atoms with Crippen molar-refractivity contribution in [3.8, 4) is 0 Å². The van der Waals surface area contributed by atoms with E-state index < -0.39 is 0 Å². The standard InChI is InChI=1S/C6H8N4Si/c1-3-7-9-5(1)11-6-2-4-8-10-6/h1-4H,11H2,(H,7,9)(H,8,10). The predicted octanol–water partition coefficient (Wildman–Crippen LogP) is -1.75. The Balaban J connectivity index is 2.14. The van der Waals surface area contributed by atoms with Gasteiger partial charge in [-0.25, -0.2) is 0 Å². The Morgan fingerprint density at radius 2 is 1.55 bits per heavy atom. The van der Waals surface area contributed by atoms with Gasteiger partial charge in [0.1, 0.15) is 9.52 Å². The van der Waals surface area contributed by atoms with E-state index in [4.69, 9.17) is 0 Å². The average molecular weight is 164 g/mol. The Labute approximate surface area is 65.9 Å². The molecule has 2 N–H and O–H groups in total. The summed E-state index contributed by atoms with van der Waals surface area (Å²) < 4.78 is 0. The highest BCUT2D eigenvalue weighted by Gasteiger charge is 1.97. The van der Waals surface area contributed by atoms with Crippen molar-refractivity contribution < 1.29 is 0 Å². The molecule has 2 aromatic heterocycles. The van der Waals surface area contributed by atoms with Gasteiger partial charge >= 0.3 is 0 Å². The second-order valence-electron chi connectivity index (χ2n) is 2.34. The lowest BCUT2D eigenvalue weighted by molar-refractivity contribution is 1.10. The van der Waals surface area contributed by atoms with Crippen LogP contribution >= 0.6 is 0 Å². The number of hydrogen-bond acceptors (Lipinski definition) is 2. The number of aromatic nitrogens is 4. The third kappa shape index (κ3) is 1.37. The summed E-state index contributed by atoms with van der Waals surface area (Å²) in [6, 6.07) is 4.01. The van der Waals surface area contributed by atoms with Gasteiger partial charge in [0.05, 0.1) is 0 Å². The molecule has 0 aliphatic rings. The van der Waals surface area contributed by atoms with Gasteiger partial charge in [0.25, 0.3) is 0 Å². The topological polar surface area (TPSA) is 57.4 Å². The molecule has 0 amide bonds. The van der Waals surface area contributed by atoms with Gasteiger partial charge in [-0.15, -0.1) is 0 Å². The fourth-order valence-corrected chi connectivity index (χ4v) is 2.17. The smallest absolute Gasteiger partial charge is 0.133 e. The highest BCUT2D eigenvalue weighted by atomic mass is 28.2. The molecule has 56 valence electrons. The number of hydrogen-bond donors (Lipinski definition) is 2. The summed E-state index contributed by atoms with van der Waals surface area (Å²) in [5.74, 6) is 0. The van der Waals surface area contributed by atoms with Crippen molar-refractivity contribution in [2.24, 2.45) is 0 Å². The van der Waals surface area contributed by atoms with Crippen molar-refractivity contribution in [1.29, 1.82) is 0 Å². The number of H-pyrrole nitrogens is 2. The van der Waals surface area contributed by atoms with E-state index in [0.29, 0.717) is 0 Å². The van der Waals surface area contributed by atoms with Crippen LogP contribution < -0.4 is 10.6 Å². The first-order valence-corrected chi connectivity index (χ1v) is 4.83. The van der Waals surface area contributed by atoms with Crippen LogP contribution in [-0.4, -0.2) is 29.9 Å². The molecular weight excluding hydrogens is 156 g/mol. The molecule has 0 aromatic carbocycles. The molecule has 5 heteroatoms. The van der Waals surface area contributed by atoms with E-state index in [1.165, 1.54) is 10.6 Å². The number of aromatic amines is 2. The Kier molecular flexibility index (Phi) is 1.56. The molecule has 2 heterocycles. The minimum Gasteiger partial charge on any atom is -0.287 e. The first-order valence-electron chi connectivity index (χ1n) is 3.41. The predicted molar refractivity (Wildman–Crippen MR) is 45.0 cm³/mol. The zero-order valence-corrected chi connectivity index (χ0v) is 7.33. The summed E-state index contributed by atoms with van der Waals surface area (Å²) in [5.41, 5.74) is 0. The first kappa shape index (κ1) is 6.35. The van der Waals surface area contributed by atoms with Crippen molar-refractivity contribution in [2.75, 3.05) is 0 Å². The van der Waals surface area contributed by atoms with E-state index in [-0.39, 0.29) is 9.52 Å². The van der Waals surface area contributed by atoms with E-state index in [0.717, 1.165) is 0 Å². The zero-order valence-electron chi connectivity index (χ0n) is 5.91. The highest BCUT2D eigenvalue weighted by molar-refractivity contribution is 6.65. The fourth-order valence-electron chi connectivity index (χ4n) is 0.971. The molecule has 11 heavy (non-hydrogen) atoms. The van der Waals surface area contributed by atoms with E-state index in [2.05, 4.69) is 20.4 Å². The molecule has 0 bridgehead atoms. The van der Waals surface area contributed by atoms with Crippen LogP contribution in [0.4, 0.5) is 0 Å². The first-order chi connectivity index (χ1) is 5.45. The molecule has 0 fully saturated rings. The minimum absolute atomic E-state index is 0.386. The van der Waals surface area contributed by atoms with Crippen LogP contribution in [0, 0.1) is 0 Å². The van der Waals surface area contributed by atoms with Gasteiger partial charge in [-0.1, -0.05) is 0 Å². The SMILES string of the molecule is c1cc([SiH2]c2ccn[nH]2)[nH]n1. The van der Waals surface area contributed by atoms with Crippen LogP contribution in [-0.2, 0) is 0 Å². The van der Waals surface area contributed by atoms with Gasteiger partial charge in [0.15, 0.2) is 0 Å². The van der Waals surface area contributed by atoms with Crippen molar-refractivity contribution in [2.45, 2.75) is 0 Å². The molecule has 0 saturated heterocycles. The zero-order chi connectivity index (χ0) is 7.52. The third-order valence-corrected chi connectivity index (χ3v) is 3.05. The van der Waals surface area contributed by atoms with Gasteiger partial charge in [0.2, 0.25) is 0 Å². The number of nitrogens with zero attached hydrogens (tertiary/aromatic N) is 2. The van der Waals surface area contributed by atoms with Gasteiger partial charge in [-0.3, -0.25) is 10.2 Å². The lowest BCUT2D eigenvalue weighted by Gasteiger charge is -1.89. The van der Waals surface area contributed by atoms with E-state index in [1.54, 1.807) is 12.4 Å². The van der Waals surface area contributed by atoms with Crippen molar-refractivity contribution in [1.82, 2.24) is 20.4 Å². The molecule has 0 unspecified atom stereocenters. The summed E-state index contributed by atoms with van der Waals surface area (Å²) in [5, 5.41) is 16.1. The van der Waals surface area contributed by atoms with Gasteiger partial charge in [-0.05, 0) is 12.1 Å². The normalized spacial score (nSPS) is 10.2. The second kappa shape index (κ2) is 2.71. The van der Waals surface area contributed by atoms with Crippen LogP contribution in [0.1, 0.15) is 0 Å². The largest absolute Gasteiger partial charge is 0.287 e. The van der Waals surface area contributed by atoms with Crippen molar-refractivity contribution in [3.63, 3.8) is 0 Å². The van der Waals surface area contributed by atoms with Gasteiger partial charge < -0.3 is 0 Å². The minimum atomic E-state index is -0.386.